The first-order chi connectivity index (χ1) is 12.7. The topological polar surface area (TPSA) is 47.6 Å². The zero-order chi connectivity index (χ0) is 18.4. The lowest BCUT2D eigenvalue weighted by Crippen LogP contribution is -2.32. The van der Waals surface area contributed by atoms with Crippen molar-refractivity contribution in [1.82, 2.24) is 0 Å². The van der Waals surface area contributed by atoms with E-state index in [0.717, 1.165) is 29.8 Å². The lowest BCUT2D eigenvalue weighted by Gasteiger charge is -2.20. The van der Waals surface area contributed by atoms with Crippen molar-refractivity contribution < 1.29 is 14.3 Å². The van der Waals surface area contributed by atoms with E-state index in [1.165, 1.54) is 24.0 Å². The Morgan fingerprint density at radius 1 is 1.12 bits per heavy atom. The van der Waals surface area contributed by atoms with Gasteiger partial charge in [-0.3, -0.25) is 4.79 Å². The number of hydrogen-bond acceptors (Lipinski definition) is 3. The fourth-order valence-electron chi connectivity index (χ4n) is 3.40. The Kier molecular flexibility index (Phi) is 6.29. The molecule has 1 atom stereocenters. The number of fused-ring (bicyclic) bond motifs is 1. The minimum absolute atomic E-state index is 0.125. The molecule has 1 aliphatic rings. The third kappa shape index (κ3) is 4.64. The van der Waals surface area contributed by atoms with Gasteiger partial charge in [-0.05, 0) is 73.1 Å². The van der Waals surface area contributed by atoms with Crippen molar-refractivity contribution in [2.45, 2.75) is 51.7 Å². The van der Waals surface area contributed by atoms with Crippen molar-refractivity contribution in [3.8, 4) is 5.75 Å². The molecule has 4 heteroatoms. The molecule has 0 unspecified atom stereocenters. The second-order valence-electron chi connectivity index (χ2n) is 6.78. The zero-order valence-corrected chi connectivity index (χ0v) is 15.6. The smallest absolute Gasteiger partial charge is 0.265 e. The van der Waals surface area contributed by atoms with Crippen molar-refractivity contribution in [1.29, 1.82) is 0 Å². The number of rotatable bonds is 7. The third-order valence-electron chi connectivity index (χ3n) is 4.77. The fourth-order valence-corrected chi connectivity index (χ4v) is 3.40. The van der Waals surface area contributed by atoms with Gasteiger partial charge in [0.2, 0.25) is 0 Å². The summed E-state index contributed by atoms with van der Waals surface area (Å²) in [4.78, 5) is 12.6. The molecule has 0 aliphatic heterocycles. The van der Waals surface area contributed by atoms with Crippen LogP contribution >= 0.6 is 0 Å². The lowest BCUT2D eigenvalue weighted by atomic mass is 9.92. The number of anilines is 1. The number of nitrogens with one attached hydrogen (secondary N) is 1. The molecule has 0 spiro atoms. The van der Waals surface area contributed by atoms with Crippen molar-refractivity contribution in [3.63, 3.8) is 0 Å². The summed E-state index contributed by atoms with van der Waals surface area (Å²) in [7, 11) is 1.66. The van der Waals surface area contributed by atoms with Gasteiger partial charge in [0.25, 0.3) is 5.91 Å². The van der Waals surface area contributed by atoms with Crippen molar-refractivity contribution in [3.05, 3.63) is 59.2 Å². The Hall–Kier alpha value is -2.33. The van der Waals surface area contributed by atoms with Crippen molar-refractivity contribution in [2.75, 3.05) is 12.4 Å². The van der Waals surface area contributed by atoms with Crippen LogP contribution in [0.1, 0.15) is 42.9 Å². The predicted octanol–water partition coefficient (Wildman–Crippen LogP) is 4.51. The molecule has 0 heterocycles. The van der Waals surface area contributed by atoms with Crippen LogP contribution in [-0.2, 0) is 29.0 Å². The van der Waals surface area contributed by atoms with Crippen LogP contribution in [0.25, 0.3) is 0 Å². The molecule has 3 rings (SSSR count). The van der Waals surface area contributed by atoms with E-state index in [1.54, 1.807) is 7.11 Å². The zero-order valence-electron chi connectivity index (χ0n) is 15.6. The van der Waals surface area contributed by atoms with Crippen molar-refractivity contribution >= 4 is 11.6 Å². The van der Waals surface area contributed by atoms with E-state index in [1.807, 2.05) is 37.3 Å². The maximum Gasteiger partial charge on any atom is 0.265 e. The van der Waals surface area contributed by atoms with Crippen LogP contribution in [0.15, 0.2) is 42.5 Å². The Morgan fingerprint density at radius 2 is 1.92 bits per heavy atom. The van der Waals surface area contributed by atoms with E-state index in [2.05, 4.69) is 17.4 Å². The summed E-state index contributed by atoms with van der Waals surface area (Å²) in [6.45, 7) is 2.48. The SMILES string of the molecule is CC[C@@H](Oc1ccc2c(c1)CCCC2)C(=O)Nc1cccc(COC)c1. The van der Waals surface area contributed by atoms with Crippen LogP contribution < -0.4 is 10.1 Å². The molecule has 0 saturated heterocycles. The molecule has 2 aromatic carbocycles. The van der Waals surface area contributed by atoms with Crippen LogP contribution in [-0.4, -0.2) is 19.1 Å². The van der Waals surface area contributed by atoms with Gasteiger partial charge in [0.05, 0.1) is 6.61 Å². The van der Waals surface area contributed by atoms with Gasteiger partial charge in [-0.1, -0.05) is 25.1 Å². The highest BCUT2D eigenvalue weighted by Gasteiger charge is 2.19. The van der Waals surface area contributed by atoms with Gasteiger partial charge in [0.1, 0.15) is 5.75 Å². The molecule has 0 fully saturated rings. The molecule has 138 valence electrons. The number of carbonyl (C=O) groups excluding carboxylic acids is 1. The summed E-state index contributed by atoms with van der Waals surface area (Å²) >= 11 is 0. The molecule has 4 nitrogen and oxygen atoms in total. The van der Waals surface area contributed by atoms with E-state index in [0.29, 0.717) is 13.0 Å². The van der Waals surface area contributed by atoms with Crippen molar-refractivity contribution in [2.24, 2.45) is 0 Å². The average molecular weight is 353 g/mol. The highest BCUT2D eigenvalue weighted by atomic mass is 16.5. The first-order valence-electron chi connectivity index (χ1n) is 9.36. The number of carbonyl (C=O) groups is 1. The van der Waals surface area contributed by atoms with Crippen LogP contribution in [0.3, 0.4) is 0 Å². The van der Waals surface area contributed by atoms with E-state index < -0.39 is 6.10 Å². The second-order valence-corrected chi connectivity index (χ2v) is 6.78. The summed E-state index contributed by atoms with van der Waals surface area (Å²) in [5.74, 6) is 0.653. The van der Waals surface area contributed by atoms with Crippen LogP contribution in [0, 0.1) is 0 Å². The Labute approximate surface area is 155 Å². The summed E-state index contributed by atoms with van der Waals surface area (Å²) in [6.07, 6.45) is 4.83. The van der Waals surface area contributed by atoms with Gasteiger partial charge in [0, 0.05) is 12.8 Å². The number of aryl methyl sites for hydroxylation is 2. The van der Waals surface area contributed by atoms with Gasteiger partial charge in [0.15, 0.2) is 6.10 Å². The molecule has 1 aliphatic carbocycles. The van der Waals surface area contributed by atoms with Crippen LogP contribution in [0.2, 0.25) is 0 Å². The summed E-state index contributed by atoms with van der Waals surface area (Å²) in [5.41, 5.74) is 4.55. The molecular weight excluding hydrogens is 326 g/mol. The number of amides is 1. The van der Waals surface area contributed by atoms with Gasteiger partial charge in [-0.25, -0.2) is 0 Å². The summed E-state index contributed by atoms with van der Waals surface area (Å²) in [5, 5.41) is 2.95. The van der Waals surface area contributed by atoms with E-state index in [-0.39, 0.29) is 5.91 Å². The number of benzene rings is 2. The normalized spacial score (nSPS) is 14.4. The molecule has 26 heavy (non-hydrogen) atoms. The first-order valence-corrected chi connectivity index (χ1v) is 9.36. The minimum Gasteiger partial charge on any atom is -0.481 e. The van der Waals surface area contributed by atoms with Crippen LogP contribution in [0.5, 0.6) is 5.75 Å². The van der Waals surface area contributed by atoms with Gasteiger partial charge < -0.3 is 14.8 Å². The minimum atomic E-state index is -0.511. The van der Waals surface area contributed by atoms with E-state index in [9.17, 15) is 4.79 Å². The number of methoxy groups -OCH3 is 1. The maximum atomic E-state index is 12.6. The summed E-state index contributed by atoms with van der Waals surface area (Å²) in [6, 6.07) is 13.9. The molecule has 0 aromatic heterocycles. The van der Waals surface area contributed by atoms with E-state index >= 15 is 0 Å². The number of hydrogen-bond donors (Lipinski definition) is 1. The van der Waals surface area contributed by atoms with Crippen LogP contribution in [0.4, 0.5) is 5.69 Å². The van der Waals surface area contributed by atoms with Gasteiger partial charge in [-0.2, -0.15) is 0 Å². The number of ether oxygens (including phenoxy) is 2. The molecule has 0 radical (unpaired) electrons. The molecule has 0 bridgehead atoms. The molecular formula is C22H27NO3. The Balaban J connectivity index is 1.66. The maximum absolute atomic E-state index is 12.6. The van der Waals surface area contributed by atoms with E-state index in [4.69, 9.17) is 9.47 Å². The van der Waals surface area contributed by atoms with Gasteiger partial charge >= 0.3 is 0 Å². The Bertz CT molecular complexity index is 757. The molecule has 0 saturated carbocycles. The average Bonchev–Trinajstić information content (AvgIpc) is 2.66. The molecule has 2 aromatic rings. The molecule has 1 amide bonds. The standard InChI is InChI=1S/C22H27NO3/c1-3-21(22(24)23-19-10-6-7-16(13-19)15-25-2)26-20-12-11-17-8-4-5-9-18(17)14-20/h6-7,10-14,21H,3-5,8-9,15H2,1-2H3,(H,23,24)/t21-/m1/s1. The monoisotopic (exact) mass is 353 g/mol. The highest BCUT2D eigenvalue weighted by Crippen LogP contribution is 2.26. The second kappa shape index (κ2) is 8.86. The highest BCUT2D eigenvalue weighted by molar-refractivity contribution is 5.94. The molecule has 1 N–H and O–H groups in total. The fraction of sp³-hybridized carbons (Fsp3) is 0.409. The quantitative estimate of drug-likeness (QED) is 0.797. The first kappa shape index (κ1) is 18.5. The third-order valence-corrected chi connectivity index (χ3v) is 4.77. The summed E-state index contributed by atoms with van der Waals surface area (Å²) < 4.78 is 11.1. The predicted molar refractivity (Wildman–Crippen MR) is 104 cm³/mol. The Morgan fingerprint density at radius 3 is 2.69 bits per heavy atom. The largest absolute Gasteiger partial charge is 0.481 e. The lowest BCUT2D eigenvalue weighted by molar-refractivity contribution is -0.122. The van der Waals surface area contributed by atoms with Gasteiger partial charge in [-0.15, -0.1) is 0 Å².